The predicted octanol–water partition coefficient (Wildman–Crippen LogP) is 2.16. The maximum atomic E-state index is 12.1. The number of carbonyl (C=O) groups is 2. The fourth-order valence-electron chi connectivity index (χ4n) is 2.36. The van der Waals surface area contributed by atoms with Crippen LogP contribution < -0.4 is 0 Å². The van der Waals surface area contributed by atoms with E-state index in [2.05, 4.69) is 0 Å². The monoisotopic (exact) mass is 267 g/mol. The summed E-state index contributed by atoms with van der Waals surface area (Å²) in [5.74, 6) is -0.885. The van der Waals surface area contributed by atoms with Crippen LogP contribution in [0.2, 0.25) is 0 Å². The van der Waals surface area contributed by atoms with E-state index in [1.807, 2.05) is 6.07 Å². The number of hydrogen-bond donors (Lipinski definition) is 1. The summed E-state index contributed by atoms with van der Waals surface area (Å²) in [5.41, 5.74) is 1.08. The molecule has 20 heavy (non-hydrogen) atoms. The summed E-state index contributed by atoms with van der Waals surface area (Å²) in [6.07, 6.45) is 0. The normalized spacial score (nSPS) is 17.7. The van der Waals surface area contributed by atoms with Crippen molar-refractivity contribution in [2.45, 2.75) is 5.92 Å². The van der Waals surface area contributed by atoms with E-state index in [0.29, 0.717) is 17.7 Å². The minimum Gasteiger partial charge on any atom is -0.508 e. The number of phenolic OH excluding ortho intramolecular Hbond substituents is 1. The summed E-state index contributed by atoms with van der Waals surface area (Å²) >= 11 is 0. The van der Waals surface area contributed by atoms with Gasteiger partial charge in [-0.15, -0.1) is 0 Å². The Balaban J connectivity index is 1.78. The van der Waals surface area contributed by atoms with Crippen molar-refractivity contribution in [3.63, 3.8) is 0 Å². The van der Waals surface area contributed by atoms with Gasteiger partial charge in [0.15, 0.2) is 0 Å². The number of benzene rings is 2. The molecule has 1 heterocycles. The Kier molecular flexibility index (Phi) is 2.99. The van der Waals surface area contributed by atoms with E-state index in [4.69, 9.17) is 0 Å². The second kappa shape index (κ2) is 4.81. The van der Waals surface area contributed by atoms with Crippen molar-refractivity contribution in [2.24, 2.45) is 0 Å². The minimum atomic E-state index is -0.427. The molecule has 2 aromatic rings. The van der Waals surface area contributed by atoms with E-state index in [-0.39, 0.29) is 17.6 Å². The van der Waals surface area contributed by atoms with Crippen molar-refractivity contribution in [3.8, 4) is 5.75 Å². The highest BCUT2D eigenvalue weighted by atomic mass is 16.3. The molecule has 1 aliphatic rings. The van der Waals surface area contributed by atoms with Gasteiger partial charge in [0.05, 0.1) is 5.92 Å². The first-order chi connectivity index (χ1) is 9.68. The zero-order chi connectivity index (χ0) is 14.1. The molecule has 0 bridgehead atoms. The molecule has 1 fully saturated rings. The third-order valence-corrected chi connectivity index (χ3v) is 3.51. The van der Waals surface area contributed by atoms with Gasteiger partial charge >= 0.3 is 0 Å². The highest BCUT2D eigenvalue weighted by molar-refractivity contribution is 6.10. The van der Waals surface area contributed by atoms with Gasteiger partial charge in [-0.3, -0.25) is 14.5 Å². The number of imide groups is 1. The van der Waals surface area contributed by atoms with Gasteiger partial charge < -0.3 is 5.11 Å². The van der Waals surface area contributed by atoms with Crippen LogP contribution in [0.3, 0.4) is 0 Å². The molecule has 1 aliphatic heterocycles. The van der Waals surface area contributed by atoms with Crippen molar-refractivity contribution >= 4 is 11.8 Å². The van der Waals surface area contributed by atoms with Gasteiger partial charge in [-0.25, -0.2) is 0 Å². The van der Waals surface area contributed by atoms with Gasteiger partial charge in [-0.05, 0) is 18.2 Å². The van der Waals surface area contributed by atoms with Crippen LogP contribution in [0.15, 0.2) is 54.6 Å². The number of likely N-dealkylation sites (tertiary alicyclic amines) is 1. The average molecular weight is 267 g/mol. The topological polar surface area (TPSA) is 57.6 Å². The van der Waals surface area contributed by atoms with Crippen LogP contribution in [0.25, 0.3) is 0 Å². The number of rotatable bonds is 2. The summed E-state index contributed by atoms with van der Waals surface area (Å²) in [7, 11) is 0. The summed E-state index contributed by atoms with van der Waals surface area (Å²) in [6.45, 7) is 0.310. The number of nitrogens with zero attached hydrogens (tertiary/aromatic N) is 1. The quantitative estimate of drug-likeness (QED) is 0.670. The Morgan fingerprint density at radius 1 is 1.05 bits per heavy atom. The minimum absolute atomic E-state index is 0.0951. The van der Waals surface area contributed by atoms with Gasteiger partial charge in [0.2, 0.25) is 5.91 Å². The van der Waals surface area contributed by atoms with Crippen molar-refractivity contribution < 1.29 is 14.7 Å². The number of carbonyl (C=O) groups excluding carboxylic acids is 2. The maximum Gasteiger partial charge on any atom is 0.260 e. The third kappa shape index (κ3) is 1.95. The SMILES string of the molecule is O=C(c1ccccc1)N1CC(c2ccccc2O)C1=O. The molecule has 0 spiro atoms. The molecule has 1 saturated heterocycles. The number of aromatic hydroxyl groups is 1. The molecule has 2 aromatic carbocycles. The molecule has 2 amide bonds. The molecule has 0 aromatic heterocycles. The Labute approximate surface area is 116 Å². The standard InChI is InChI=1S/C16H13NO3/c18-14-9-5-4-8-12(14)13-10-17(16(13)20)15(19)11-6-2-1-3-7-11/h1-9,13,18H,10H2. The first kappa shape index (κ1) is 12.4. The van der Waals surface area contributed by atoms with Crippen LogP contribution in [-0.4, -0.2) is 28.4 Å². The number of β-lactam (4-membered cyclic amide) rings is 1. The fourth-order valence-corrected chi connectivity index (χ4v) is 2.36. The van der Waals surface area contributed by atoms with Gasteiger partial charge in [-0.1, -0.05) is 36.4 Å². The van der Waals surface area contributed by atoms with Crippen LogP contribution in [-0.2, 0) is 4.79 Å². The molecule has 1 N–H and O–H groups in total. The Bertz CT molecular complexity index is 666. The van der Waals surface area contributed by atoms with Crippen molar-refractivity contribution in [2.75, 3.05) is 6.54 Å². The van der Waals surface area contributed by atoms with E-state index in [9.17, 15) is 14.7 Å². The smallest absolute Gasteiger partial charge is 0.260 e. The number of hydrogen-bond acceptors (Lipinski definition) is 3. The van der Waals surface area contributed by atoms with E-state index >= 15 is 0 Å². The molecule has 3 rings (SSSR count). The summed E-state index contributed by atoms with van der Waals surface area (Å²) in [5, 5.41) is 9.75. The molecule has 100 valence electrons. The number of phenols is 1. The highest BCUT2D eigenvalue weighted by Crippen LogP contribution is 2.34. The van der Waals surface area contributed by atoms with Gasteiger partial charge in [-0.2, -0.15) is 0 Å². The predicted molar refractivity (Wildman–Crippen MR) is 73.3 cm³/mol. The number of para-hydroxylation sites is 1. The van der Waals surface area contributed by atoms with E-state index in [1.165, 1.54) is 4.90 Å². The molecular formula is C16H13NO3. The Morgan fingerprint density at radius 3 is 2.35 bits per heavy atom. The van der Waals surface area contributed by atoms with Crippen LogP contribution >= 0.6 is 0 Å². The lowest BCUT2D eigenvalue weighted by atomic mass is 9.89. The lowest BCUT2D eigenvalue weighted by Crippen LogP contribution is -2.53. The van der Waals surface area contributed by atoms with Crippen LogP contribution in [0.4, 0.5) is 0 Å². The van der Waals surface area contributed by atoms with E-state index in [0.717, 1.165) is 0 Å². The summed E-state index contributed by atoms with van der Waals surface area (Å²) in [4.78, 5) is 25.5. The lowest BCUT2D eigenvalue weighted by Gasteiger charge is -2.37. The van der Waals surface area contributed by atoms with E-state index in [1.54, 1.807) is 48.5 Å². The van der Waals surface area contributed by atoms with Crippen molar-refractivity contribution in [3.05, 3.63) is 65.7 Å². The third-order valence-electron chi connectivity index (χ3n) is 3.51. The first-order valence-electron chi connectivity index (χ1n) is 6.37. The van der Waals surface area contributed by atoms with Gasteiger partial charge in [0, 0.05) is 17.7 Å². The molecule has 4 heteroatoms. The van der Waals surface area contributed by atoms with Gasteiger partial charge in [0.25, 0.3) is 5.91 Å². The zero-order valence-electron chi connectivity index (χ0n) is 10.7. The van der Waals surface area contributed by atoms with E-state index < -0.39 is 5.92 Å². The molecule has 1 atom stereocenters. The zero-order valence-corrected chi connectivity index (χ0v) is 10.7. The van der Waals surface area contributed by atoms with Crippen LogP contribution in [0.1, 0.15) is 21.8 Å². The van der Waals surface area contributed by atoms with Crippen LogP contribution in [0.5, 0.6) is 5.75 Å². The highest BCUT2D eigenvalue weighted by Gasteiger charge is 2.42. The Morgan fingerprint density at radius 2 is 1.70 bits per heavy atom. The second-order valence-corrected chi connectivity index (χ2v) is 4.73. The summed E-state index contributed by atoms with van der Waals surface area (Å²) < 4.78 is 0. The van der Waals surface area contributed by atoms with Crippen molar-refractivity contribution in [1.82, 2.24) is 4.90 Å². The largest absolute Gasteiger partial charge is 0.508 e. The lowest BCUT2D eigenvalue weighted by molar-refractivity contribution is -0.138. The Hall–Kier alpha value is -2.62. The second-order valence-electron chi connectivity index (χ2n) is 4.73. The molecular weight excluding hydrogens is 254 g/mol. The molecule has 0 saturated carbocycles. The average Bonchev–Trinajstić information content (AvgIpc) is 2.48. The summed E-state index contributed by atoms with van der Waals surface area (Å²) in [6, 6.07) is 15.4. The van der Waals surface area contributed by atoms with Gasteiger partial charge in [0.1, 0.15) is 5.75 Å². The number of amides is 2. The maximum absolute atomic E-state index is 12.1. The first-order valence-corrected chi connectivity index (χ1v) is 6.37. The molecule has 0 aliphatic carbocycles. The van der Waals surface area contributed by atoms with Crippen molar-refractivity contribution in [1.29, 1.82) is 0 Å². The fraction of sp³-hybridized carbons (Fsp3) is 0.125. The molecule has 1 unspecified atom stereocenters. The molecule has 0 radical (unpaired) electrons. The molecule has 4 nitrogen and oxygen atoms in total. The van der Waals surface area contributed by atoms with Crippen LogP contribution in [0, 0.1) is 0 Å².